The number of halogens is 2. The fourth-order valence-electron chi connectivity index (χ4n) is 9.40. The van der Waals surface area contributed by atoms with Crippen molar-refractivity contribution in [1.82, 2.24) is 0 Å². The first-order valence-electron chi connectivity index (χ1n) is 16.0. The van der Waals surface area contributed by atoms with Crippen LogP contribution in [0.1, 0.15) is 43.4 Å². The Kier molecular flexibility index (Phi) is 8.52. The summed E-state index contributed by atoms with van der Waals surface area (Å²) < 4.78 is 6.68. The zero-order valence-corrected chi connectivity index (χ0v) is 33.3. The third-order valence-corrected chi connectivity index (χ3v) is 31.5. The number of hydrogen-bond acceptors (Lipinski definition) is 0. The first kappa shape index (κ1) is 32.9. The van der Waals surface area contributed by atoms with Crippen molar-refractivity contribution in [3.63, 3.8) is 0 Å². The number of rotatable bonds is 4. The van der Waals surface area contributed by atoms with Crippen LogP contribution in [-0.2, 0) is 17.9 Å². The van der Waals surface area contributed by atoms with Crippen LogP contribution in [0.4, 0.5) is 0 Å². The van der Waals surface area contributed by atoms with Crippen LogP contribution in [0.3, 0.4) is 0 Å². The van der Waals surface area contributed by atoms with E-state index < -0.39 is 17.9 Å². The summed E-state index contributed by atoms with van der Waals surface area (Å²) in [5.41, 5.74) is 14.7. The van der Waals surface area contributed by atoms with E-state index in [1.165, 1.54) is 62.3 Å². The molecule has 2 atom stereocenters. The molecule has 0 heterocycles. The molecule has 0 amide bonds. The van der Waals surface area contributed by atoms with Gasteiger partial charge in [0.25, 0.3) is 0 Å². The number of allylic oxidation sites excluding steroid dienone is 2. The van der Waals surface area contributed by atoms with Crippen molar-refractivity contribution < 1.29 is 17.9 Å². The van der Waals surface area contributed by atoms with Gasteiger partial charge >= 0.3 is 266 Å². The molecule has 0 fully saturated rings. The molecule has 6 aromatic carbocycles. The van der Waals surface area contributed by atoms with Crippen molar-refractivity contribution in [3.05, 3.63) is 155 Å². The first-order chi connectivity index (χ1) is 21.2. The van der Waals surface area contributed by atoms with Gasteiger partial charge in [-0.25, -0.2) is 0 Å². The van der Waals surface area contributed by atoms with E-state index in [-0.39, 0.29) is 24.8 Å². The van der Waals surface area contributed by atoms with Crippen molar-refractivity contribution in [1.29, 1.82) is 0 Å². The number of fused-ring (bicyclic) bond motifs is 4. The molecule has 0 N–H and O–H groups in total. The molecule has 0 saturated heterocycles. The van der Waals surface area contributed by atoms with Crippen molar-refractivity contribution in [2.24, 2.45) is 0 Å². The molecule has 2 aliphatic carbocycles. The second-order valence-electron chi connectivity index (χ2n) is 14.7. The summed E-state index contributed by atoms with van der Waals surface area (Å²) in [6, 6.07) is 45.5. The van der Waals surface area contributed by atoms with Gasteiger partial charge in [0, 0.05) is 0 Å². The molecule has 6 aromatic rings. The van der Waals surface area contributed by atoms with E-state index in [9.17, 15) is 0 Å². The minimum Gasteiger partial charge on any atom is -0.147 e. The Hall–Kier alpha value is -3.00. The van der Waals surface area contributed by atoms with E-state index in [1.807, 2.05) is 0 Å². The van der Waals surface area contributed by atoms with Gasteiger partial charge in [0.1, 0.15) is 0 Å². The molecular formula is C42H41Cl2SiZr. The fourth-order valence-corrected chi connectivity index (χ4v) is 34.4. The maximum Gasteiger partial charge on any atom is -0.147 e. The molecule has 46 heavy (non-hydrogen) atoms. The van der Waals surface area contributed by atoms with Crippen LogP contribution in [0.15, 0.2) is 132 Å². The molecule has 2 unspecified atom stereocenters. The van der Waals surface area contributed by atoms with Gasteiger partial charge in [0.15, 0.2) is 0 Å². The van der Waals surface area contributed by atoms with E-state index >= 15 is 0 Å². The zero-order chi connectivity index (χ0) is 30.2. The third kappa shape index (κ3) is 4.96. The van der Waals surface area contributed by atoms with Crippen LogP contribution in [-0.4, -0.2) is 7.37 Å². The fraction of sp³-hybridized carbons (Fsp3) is 0.143. The van der Waals surface area contributed by atoms with Gasteiger partial charge in [-0.15, -0.1) is 24.8 Å². The van der Waals surface area contributed by atoms with Crippen molar-refractivity contribution in [3.8, 4) is 22.3 Å². The molecule has 0 saturated carbocycles. The summed E-state index contributed by atoms with van der Waals surface area (Å²) in [4.78, 5) is 0. The second-order valence-corrected chi connectivity index (χ2v) is 52.9. The average molecular weight is 736 g/mol. The molecule has 0 aliphatic heterocycles. The summed E-state index contributed by atoms with van der Waals surface area (Å²) in [5.74, 6) is 0. The first-order valence-corrected chi connectivity index (χ1v) is 32.1. The molecule has 0 nitrogen and oxygen atoms in total. The normalized spacial score (nSPS) is 17.7. The van der Waals surface area contributed by atoms with E-state index in [0.717, 1.165) is 0 Å². The zero-order valence-electron chi connectivity index (χ0n) is 27.2. The Labute approximate surface area is 289 Å². The minimum absolute atomic E-state index is 0. The van der Waals surface area contributed by atoms with Gasteiger partial charge in [0.05, 0.1) is 0 Å². The van der Waals surface area contributed by atoms with Gasteiger partial charge in [-0.05, 0) is 0 Å². The second kappa shape index (κ2) is 11.9. The Morgan fingerprint density at radius 2 is 0.804 bits per heavy atom. The topological polar surface area (TPSA) is 0 Å². The Morgan fingerprint density at radius 3 is 1.24 bits per heavy atom. The van der Waals surface area contributed by atoms with E-state index in [0.29, 0.717) is 7.25 Å². The average Bonchev–Trinajstić information content (AvgIpc) is 3.57. The van der Waals surface area contributed by atoms with E-state index in [2.05, 4.69) is 157 Å². The van der Waals surface area contributed by atoms with E-state index in [1.54, 1.807) is 22.3 Å². The van der Waals surface area contributed by atoms with Crippen LogP contribution in [0, 0.1) is 0 Å². The van der Waals surface area contributed by atoms with Gasteiger partial charge in [-0.3, -0.25) is 0 Å². The monoisotopic (exact) mass is 733 g/mol. The Balaban J connectivity index is 0.00000186. The van der Waals surface area contributed by atoms with Crippen molar-refractivity contribution >= 4 is 65.9 Å². The predicted molar refractivity (Wildman–Crippen MR) is 208 cm³/mol. The predicted octanol–water partition coefficient (Wildman–Crippen LogP) is 11.9. The molecule has 0 aromatic heterocycles. The van der Waals surface area contributed by atoms with Crippen LogP contribution in [0.5, 0.6) is 0 Å². The largest absolute Gasteiger partial charge is 0.147 e. The summed E-state index contributed by atoms with van der Waals surface area (Å²) in [6.45, 7) is 4.86. The minimum atomic E-state index is -3.51. The Morgan fingerprint density at radius 1 is 0.457 bits per heavy atom. The smallest absolute Gasteiger partial charge is 0.147 e. The van der Waals surface area contributed by atoms with Crippen LogP contribution >= 0.6 is 24.8 Å². The quantitative estimate of drug-likeness (QED) is 0.158. The molecule has 0 radical (unpaired) electrons. The molecule has 231 valence electrons. The van der Waals surface area contributed by atoms with Gasteiger partial charge in [-0.2, -0.15) is 0 Å². The van der Waals surface area contributed by atoms with E-state index in [4.69, 9.17) is 0 Å². The standard InChI is InChI=1S/2C20H15.2CH3.2ClH.H3Si.Zr/c2*1-14-12-16-8-5-11-19(20(16)13-14)18-10-4-7-15-6-2-3-9-17(15)18;;;;;;/h2*2-13H,1H3;2*1H3;2*1H;1H3;. The summed E-state index contributed by atoms with van der Waals surface area (Å²) in [7, 11) is 1.24. The molecule has 8 rings (SSSR count). The van der Waals surface area contributed by atoms with Gasteiger partial charge in [0.2, 0.25) is 0 Å². The van der Waals surface area contributed by atoms with Gasteiger partial charge < -0.3 is 0 Å². The molecular weight excluding hydrogens is 695 g/mol. The SMILES string of the molecule is CC1=Cc2c(-c3cccc4ccccc34)cccc2[CH]1[Zr]([CH3])([CH3])([SiH3])[CH]1C(C)=Cc2c(-c3cccc4ccccc34)cccc21.Cl.Cl. The van der Waals surface area contributed by atoms with Crippen molar-refractivity contribution in [2.75, 3.05) is 0 Å². The summed E-state index contributed by atoms with van der Waals surface area (Å²) >= 11 is -3.51. The molecule has 0 bridgehead atoms. The summed E-state index contributed by atoms with van der Waals surface area (Å²) in [6.07, 6.45) is 5.10. The number of benzene rings is 6. The van der Waals surface area contributed by atoms with Crippen LogP contribution < -0.4 is 0 Å². The maximum absolute atomic E-state index is 3.51. The molecule has 0 spiro atoms. The molecule has 4 heteroatoms. The van der Waals surface area contributed by atoms with Crippen LogP contribution in [0.2, 0.25) is 9.26 Å². The Bertz CT molecular complexity index is 2050. The summed E-state index contributed by atoms with van der Waals surface area (Å²) in [5, 5.41) is 5.29. The molecule has 2 aliphatic rings. The van der Waals surface area contributed by atoms with Crippen LogP contribution in [0.25, 0.3) is 56.0 Å². The van der Waals surface area contributed by atoms with Gasteiger partial charge in [-0.1, -0.05) is 0 Å². The van der Waals surface area contributed by atoms with Crippen molar-refractivity contribution in [2.45, 2.75) is 30.4 Å². The maximum atomic E-state index is 2.79. The number of hydrogen-bond donors (Lipinski definition) is 0. The third-order valence-electron chi connectivity index (χ3n) is 10.8.